The van der Waals surface area contributed by atoms with Gasteiger partial charge in [-0.1, -0.05) is 32.9 Å². The first-order valence-electron chi connectivity index (χ1n) is 11.3. The van der Waals surface area contributed by atoms with Crippen molar-refractivity contribution in [1.82, 2.24) is 15.5 Å². The van der Waals surface area contributed by atoms with E-state index < -0.39 is 6.04 Å². The summed E-state index contributed by atoms with van der Waals surface area (Å²) in [5, 5.41) is 6.13. The molecule has 3 amide bonds. The Hall–Kier alpha value is -2.21. The zero-order valence-corrected chi connectivity index (χ0v) is 18.0. The summed E-state index contributed by atoms with van der Waals surface area (Å²) in [5.41, 5.74) is 3.32. The van der Waals surface area contributed by atoms with Gasteiger partial charge in [-0.15, -0.1) is 0 Å². The Bertz CT molecular complexity index is 924. The van der Waals surface area contributed by atoms with E-state index in [0.717, 1.165) is 23.9 Å². The highest BCUT2D eigenvalue weighted by atomic mass is 16.2. The van der Waals surface area contributed by atoms with E-state index in [9.17, 15) is 14.4 Å². The van der Waals surface area contributed by atoms with E-state index in [1.165, 1.54) is 18.4 Å². The Labute approximate surface area is 177 Å². The summed E-state index contributed by atoms with van der Waals surface area (Å²) in [7, 11) is 0. The number of piperidine rings is 1. The fourth-order valence-corrected chi connectivity index (χ4v) is 6.41. The van der Waals surface area contributed by atoms with Crippen LogP contribution in [-0.4, -0.2) is 34.7 Å². The third-order valence-corrected chi connectivity index (χ3v) is 8.51. The molecule has 5 atom stereocenters. The Morgan fingerprint density at radius 3 is 2.70 bits per heavy atom. The topological polar surface area (TPSA) is 78.5 Å². The largest absolute Gasteiger partial charge is 0.322 e. The molecule has 2 unspecified atom stereocenters. The fourth-order valence-electron chi connectivity index (χ4n) is 6.41. The average Bonchev–Trinajstić information content (AvgIpc) is 3.02. The number of nitrogens with one attached hydrogen (secondary N) is 2. The standard InChI is InChI=1S/C24H31N3O3/c1-13-18-9-16(24(18,2)3)10-19(13)25-11-14-4-5-17-15(8-14)12-27(23(17)30)20-6-7-21(28)26-22(20)29/h4-5,8,13,16,18-20,25H,6-7,9-12H2,1-3H3,(H,26,28,29)/t13-,16?,18-,19-,20?/m0/s1. The summed E-state index contributed by atoms with van der Waals surface area (Å²) in [6, 6.07) is 6.02. The van der Waals surface area contributed by atoms with Gasteiger partial charge in [-0.25, -0.2) is 0 Å². The van der Waals surface area contributed by atoms with Crippen molar-refractivity contribution >= 4 is 17.7 Å². The zero-order valence-electron chi connectivity index (χ0n) is 18.0. The number of rotatable bonds is 4. The van der Waals surface area contributed by atoms with Crippen molar-refractivity contribution in [3.8, 4) is 0 Å². The summed E-state index contributed by atoms with van der Waals surface area (Å²) in [4.78, 5) is 38.1. The smallest absolute Gasteiger partial charge is 0.255 e. The number of carbonyl (C=O) groups is 3. The number of hydrogen-bond donors (Lipinski definition) is 2. The molecule has 1 aromatic carbocycles. The first-order valence-corrected chi connectivity index (χ1v) is 11.3. The van der Waals surface area contributed by atoms with E-state index in [1.807, 2.05) is 12.1 Å². The molecule has 160 valence electrons. The maximum atomic E-state index is 12.8. The Balaban J connectivity index is 1.24. The minimum atomic E-state index is -0.553. The van der Waals surface area contributed by atoms with E-state index in [4.69, 9.17) is 0 Å². The number of fused-ring (bicyclic) bond motifs is 3. The number of benzene rings is 1. The van der Waals surface area contributed by atoms with Crippen molar-refractivity contribution in [3.63, 3.8) is 0 Å². The van der Waals surface area contributed by atoms with Gasteiger partial charge in [-0.2, -0.15) is 0 Å². The monoisotopic (exact) mass is 409 g/mol. The predicted octanol–water partition coefficient (Wildman–Crippen LogP) is 2.61. The predicted molar refractivity (Wildman–Crippen MR) is 112 cm³/mol. The summed E-state index contributed by atoms with van der Waals surface area (Å²) < 4.78 is 0. The summed E-state index contributed by atoms with van der Waals surface area (Å²) in [6.07, 6.45) is 3.31. The van der Waals surface area contributed by atoms with Crippen LogP contribution < -0.4 is 10.6 Å². The van der Waals surface area contributed by atoms with Gasteiger partial charge in [-0.3, -0.25) is 19.7 Å². The van der Waals surface area contributed by atoms with Gasteiger partial charge >= 0.3 is 0 Å². The molecule has 0 radical (unpaired) electrons. The lowest BCUT2D eigenvalue weighted by atomic mass is 9.45. The van der Waals surface area contributed by atoms with Crippen molar-refractivity contribution in [2.24, 2.45) is 23.2 Å². The molecule has 2 N–H and O–H groups in total. The Kier molecular flexibility index (Phi) is 4.54. The highest BCUT2D eigenvalue weighted by Gasteiger charge is 2.56. The van der Waals surface area contributed by atoms with Crippen molar-refractivity contribution in [3.05, 3.63) is 34.9 Å². The van der Waals surface area contributed by atoms with Gasteiger partial charge in [0.05, 0.1) is 0 Å². The molecule has 2 bridgehead atoms. The molecule has 3 aliphatic carbocycles. The molecule has 3 saturated carbocycles. The van der Waals surface area contributed by atoms with Gasteiger partial charge in [-0.05, 0) is 59.6 Å². The van der Waals surface area contributed by atoms with Gasteiger partial charge in [0.1, 0.15) is 6.04 Å². The van der Waals surface area contributed by atoms with Crippen molar-refractivity contribution in [2.45, 2.75) is 71.6 Å². The van der Waals surface area contributed by atoms with Crippen LogP contribution in [0.2, 0.25) is 0 Å². The van der Waals surface area contributed by atoms with Crippen LogP contribution in [0.5, 0.6) is 0 Å². The first kappa shape index (κ1) is 19.7. The molecule has 1 aromatic rings. The van der Waals surface area contributed by atoms with Gasteiger partial charge in [0.15, 0.2) is 0 Å². The van der Waals surface area contributed by atoms with E-state index in [-0.39, 0.29) is 24.1 Å². The SMILES string of the molecule is C[C@@H]1[C@@H](NCc2ccc3c(c2)CN(C2CCC(=O)NC2=O)C3=O)CC2C[C@@H]1C2(C)C. The van der Waals surface area contributed by atoms with Gasteiger partial charge in [0, 0.05) is 31.1 Å². The molecule has 6 heteroatoms. The van der Waals surface area contributed by atoms with Crippen LogP contribution >= 0.6 is 0 Å². The lowest BCUT2D eigenvalue weighted by Crippen LogP contribution is -2.59. The van der Waals surface area contributed by atoms with Crippen LogP contribution in [-0.2, 0) is 22.7 Å². The highest BCUT2D eigenvalue weighted by molar-refractivity contribution is 6.05. The fraction of sp³-hybridized carbons (Fsp3) is 0.625. The molecule has 30 heavy (non-hydrogen) atoms. The van der Waals surface area contributed by atoms with E-state index in [2.05, 4.69) is 37.5 Å². The second kappa shape index (κ2) is 6.91. The van der Waals surface area contributed by atoms with Crippen LogP contribution in [0.15, 0.2) is 18.2 Å². The van der Waals surface area contributed by atoms with Crippen LogP contribution in [0.3, 0.4) is 0 Å². The average molecular weight is 410 g/mol. The molecule has 2 heterocycles. The molecule has 6 nitrogen and oxygen atoms in total. The molecule has 1 saturated heterocycles. The van der Waals surface area contributed by atoms with Crippen LogP contribution in [0.25, 0.3) is 0 Å². The summed E-state index contributed by atoms with van der Waals surface area (Å²) in [6.45, 7) is 8.47. The summed E-state index contributed by atoms with van der Waals surface area (Å²) >= 11 is 0. The molecule has 2 aliphatic heterocycles. The number of carbonyl (C=O) groups excluding carboxylic acids is 3. The third-order valence-electron chi connectivity index (χ3n) is 8.51. The maximum absolute atomic E-state index is 12.8. The normalized spacial score (nSPS) is 34.4. The zero-order chi connectivity index (χ0) is 21.2. The van der Waals surface area contributed by atoms with E-state index in [1.54, 1.807) is 4.90 Å². The van der Waals surface area contributed by atoms with Crippen LogP contribution in [0, 0.1) is 23.2 Å². The Morgan fingerprint density at radius 1 is 1.20 bits per heavy atom. The molecule has 0 aromatic heterocycles. The van der Waals surface area contributed by atoms with Crippen LogP contribution in [0.1, 0.15) is 67.9 Å². The quantitative estimate of drug-likeness (QED) is 0.750. The van der Waals surface area contributed by atoms with Crippen molar-refractivity contribution in [2.75, 3.05) is 0 Å². The van der Waals surface area contributed by atoms with Crippen LogP contribution in [0.4, 0.5) is 0 Å². The molecule has 0 spiro atoms. The maximum Gasteiger partial charge on any atom is 0.255 e. The highest BCUT2D eigenvalue weighted by Crippen LogP contribution is 2.61. The number of nitrogens with zero attached hydrogens (tertiary/aromatic N) is 1. The Morgan fingerprint density at radius 2 is 2.00 bits per heavy atom. The minimum absolute atomic E-state index is 0.109. The number of hydrogen-bond acceptors (Lipinski definition) is 4. The van der Waals surface area contributed by atoms with Gasteiger partial charge in [0.25, 0.3) is 5.91 Å². The number of imide groups is 1. The molecule has 5 aliphatic rings. The lowest BCUT2D eigenvalue weighted by Gasteiger charge is -2.62. The minimum Gasteiger partial charge on any atom is -0.322 e. The van der Waals surface area contributed by atoms with Gasteiger partial charge < -0.3 is 10.2 Å². The van der Waals surface area contributed by atoms with E-state index >= 15 is 0 Å². The van der Waals surface area contributed by atoms with Crippen molar-refractivity contribution in [1.29, 1.82) is 0 Å². The second-order valence-electron chi connectivity index (χ2n) is 10.3. The molecule has 4 fully saturated rings. The number of amides is 3. The molecular weight excluding hydrogens is 378 g/mol. The lowest BCUT2D eigenvalue weighted by molar-refractivity contribution is -0.136. The molecule has 6 rings (SSSR count). The molecular formula is C24H31N3O3. The second-order valence-corrected chi connectivity index (χ2v) is 10.3. The third kappa shape index (κ3) is 2.99. The summed E-state index contributed by atoms with van der Waals surface area (Å²) in [5.74, 6) is 1.60. The van der Waals surface area contributed by atoms with Gasteiger partial charge in [0.2, 0.25) is 11.8 Å². The van der Waals surface area contributed by atoms with Crippen molar-refractivity contribution < 1.29 is 14.4 Å². The first-order chi connectivity index (χ1) is 14.3. The van der Waals surface area contributed by atoms with E-state index in [0.29, 0.717) is 35.9 Å².